The maximum atomic E-state index is 9.97. The molecule has 2 N–H and O–H groups in total. The number of aliphatic hydroxyl groups excluding tert-OH is 2. The molecular weight excluding hydrogens is 316 g/mol. The van der Waals surface area contributed by atoms with E-state index in [2.05, 4.69) is 0 Å². The summed E-state index contributed by atoms with van der Waals surface area (Å²) in [5.74, 6) is 0. The van der Waals surface area contributed by atoms with Crippen molar-refractivity contribution in [3.05, 3.63) is 71.8 Å². The zero-order valence-corrected chi connectivity index (χ0v) is 14.6. The van der Waals surface area contributed by atoms with Crippen LogP contribution in [0.15, 0.2) is 60.7 Å². The van der Waals surface area contributed by atoms with E-state index in [-0.39, 0.29) is 0 Å². The van der Waals surface area contributed by atoms with Crippen molar-refractivity contribution in [3.63, 3.8) is 0 Å². The van der Waals surface area contributed by atoms with Gasteiger partial charge in [-0.25, -0.2) is 0 Å². The average Bonchev–Trinajstić information content (AvgIpc) is 2.64. The van der Waals surface area contributed by atoms with Crippen molar-refractivity contribution < 1.29 is 19.7 Å². The molecule has 0 saturated heterocycles. The Balaban J connectivity index is 1.49. The van der Waals surface area contributed by atoms with Gasteiger partial charge in [0.2, 0.25) is 0 Å². The molecule has 0 fully saturated rings. The summed E-state index contributed by atoms with van der Waals surface area (Å²) >= 11 is 0. The molecule has 2 aromatic carbocycles. The van der Waals surface area contributed by atoms with Crippen LogP contribution in [-0.2, 0) is 22.7 Å². The van der Waals surface area contributed by atoms with Gasteiger partial charge in [0, 0.05) is 13.2 Å². The molecule has 0 saturated carbocycles. The Labute approximate surface area is 150 Å². The highest BCUT2D eigenvalue weighted by molar-refractivity contribution is 5.14. The highest BCUT2D eigenvalue weighted by Crippen LogP contribution is 2.09. The summed E-state index contributed by atoms with van der Waals surface area (Å²) in [6.45, 7) is 2.05. The molecule has 2 rings (SSSR count). The van der Waals surface area contributed by atoms with Crippen LogP contribution in [0.1, 0.15) is 30.4 Å². The van der Waals surface area contributed by atoms with Crippen LogP contribution in [0, 0.1) is 0 Å². The summed E-state index contributed by atoms with van der Waals surface area (Å²) in [4.78, 5) is 0. The first-order chi connectivity index (χ1) is 12.2. The monoisotopic (exact) mass is 344 g/mol. The first kappa shape index (κ1) is 19.6. The van der Waals surface area contributed by atoms with E-state index in [0.717, 1.165) is 11.1 Å². The Bertz CT molecular complexity index is 507. The number of hydrogen-bond acceptors (Lipinski definition) is 4. The summed E-state index contributed by atoms with van der Waals surface area (Å²) in [5, 5.41) is 19.9. The van der Waals surface area contributed by atoms with Crippen LogP contribution in [0.4, 0.5) is 0 Å². The Morgan fingerprint density at radius 2 is 1.04 bits per heavy atom. The van der Waals surface area contributed by atoms with Gasteiger partial charge < -0.3 is 19.7 Å². The standard InChI is InChI=1S/C21H28O4/c22-20(11-13-24-16-18-7-3-1-4-8-18)15-21(23)12-14-25-17-19-9-5-2-6-10-19/h1-10,20-23H,11-17H2/t20-,21+. The normalized spacial score (nSPS) is 13.5. The topological polar surface area (TPSA) is 58.9 Å². The zero-order valence-electron chi connectivity index (χ0n) is 14.6. The van der Waals surface area contributed by atoms with Gasteiger partial charge in [-0.1, -0.05) is 60.7 Å². The first-order valence-corrected chi connectivity index (χ1v) is 8.83. The van der Waals surface area contributed by atoms with Crippen molar-refractivity contribution in [1.29, 1.82) is 0 Å². The van der Waals surface area contributed by atoms with Crippen molar-refractivity contribution in [2.24, 2.45) is 0 Å². The fraction of sp³-hybridized carbons (Fsp3) is 0.429. The second kappa shape index (κ2) is 11.8. The van der Waals surface area contributed by atoms with Crippen molar-refractivity contribution in [2.45, 2.75) is 44.7 Å². The van der Waals surface area contributed by atoms with E-state index in [1.807, 2.05) is 60.7 Å². The molecule has 0 amide bonds. The molecule has 25 heavy (non-hydrogen) atoms. The molecule has 2 atom stereocenters. The van der Waals surface area contributed by atoms with Gasteiger partial charge in [0.05, 0.1) is 25.4 Å². The molecule has 0 bridgehead atoms. The molecule has 2 aromatic rings. The third kappa shape index (κ3) is 8.79. The van der Waals surface area contributed by atoms with Gasteiger partial charge in [0.15, 0.2) is 0 Å². The van der Waals surface area contributed by atoms with Gasteiger partial charge in [0.1, 0.15) is 0 Å². The number of rotatable bonds is 12. The smallest absolute Gasteiger partial charge is 0.0716 e. The van der Waals surface area contributed by atoms with Crippen LogP contribution in [0.2, 0.25) is 0 Å². The second-order valence-electron chi connectivity index (χ2n) is 6.20. The Kier molecular flexibility index (Phi) is 9.23. The quantitative estimate of drug-likeness (QED) is 0.580. The summed E-state index contributed by atoms with van der Waals surface area (Å²) in [6.07, 6.45) is 0.284. The van der Waals surface area contributed by atoms with Crippen LogP contribution in [-0.4, -0.2) is 35.6 Å². The fourth-order valence-electron chi connectivity index (χ4n) is 2.52. The molecule has 0 aliphatic rings. The van der Waals surface area contributed by atoms with Gasteiger partial charge >= 0.3 is 0 Å². The highest BCUT2D eigenvalue weighted by Gasteiger charge is 2.12. The van der Waals surface area contributed by atoms with Gasteiger partial charge in [-0.05, 0) is 30.4 Å². The van der Waals surface area contributed by atoms with Crippen LogP contribution in [0.25, 0.3) is 0 Å². The van der Waals surface area contributed by atoms with E-state index in [1.54, 1.807) is 0 Å². The summed E-state index contributed by atoms with van der Waals surface area (Å²) < 4.78 is 11.1. The van der Waals surface area contributed by atoms with Crippen molar-refractivity contribution >= 4 is 0 Å². The van der Waals surface area contributed by atoms with Crippen molar-refractivity contribution in [2.75, 3.05) is 13.2 Å². The van der Waals surface area contributed by atoms with Gasteiger partial charge in [0.25, 0.3) is 0 Å². The van der Waals surface area contributed by atoms with Crippen LogP contribution >= 0.6 is 0 Å². The highest BCUT2D eigenvalue weighted by atomic mass is 16.5. The molecule has 136 valence electrons. The predicted molar refractivity (Wildman–Crippen MR) is 98.1 cm³/mol. The third-order valence-electron chi connectivity index (χ3n) is 3.96. The molecule has 4 heteroatoms. The number of hydrogen-bond donors (Lipinski definition) is 2. The number of aliphatic hydroxyl groups is 2. The molecule has 4 nitrogen and oxygen atoms in total. The predicted octanol–water partition coefficient (Wildman–Crippen LogP) is 3.31. The number of benzene rings is 2. The minimum Gasteiger partial charge on any atom is -0.393 e. The summed E-state index contributed by atoms with van der Waals surface area (Å²) in [5.41, 5.74) is 2.24. The molecule has 0 unspecified atom stereocenters. The SMILES string of the molecule is O[C@H](CCOCc1ccccc1)C[C@@H](O)CCOCc1ccccc1. The molecule has 0 heterocycles. The fourth-order valence-corrected chi connectivity index (χ4v) is 2.52. The van der Waals surface area contributed by atoms with Crippen LogP contribution in [0.3, 0.4) is 0 Å². The second-order valence-corrected chi connectivity index (χ2v) is 6.20. The molecule has 0 aliphatic heterocycles. The minimum atomic E-state index is -0.556. The number of ether oxygens (including phenoxy) is 2. The van der Waals surface area contributed by atoms with E-state index in [9.17, 15) is 10.2 Å². The molecular formula is C21H28O4. The lowest BCUT2D eigenvalue weighted by molar-refractivity contribution is 0.0238. The van der Waals surface area contributed by atoms with E-state index in [0.29, 0.717) is 45.7 Å². The van der Waals surface area contributed by atoms with E-state index < -0.39 is 12.2 Å². The Hall–Kier alpha value is -1.72. The molecule has 0 spiro atoms. The van der Waals surface area contributed by atoms with Gasteiger partial charge in [-0.15, -0.1) is 0 Å². The lowest BCUT2D eigenvalue weighted by atomic mass is 10.1. The molecule has 0 radical (unpaired) electrons. The van der Waals surface area contributed by atoms with Crippen molar-refractivity contribution in [1.82, 2.24) is 0 Å². The third-order valence-corrected chi connectivity index (χ3v) is 3.96. The summed E-state index contributed by atoms with van der Waals surface area (Å²) in [7, 11) is 0. The lowest BCUT2D eigenvalue weighted by Gasteiger charge is -2.16. The summed E-state index contributed by atoms with van der Waals surface area (Å²) in [6, 6.07) is 19.9. The average molecular weight is 344 g/mol. The van der Waals surface area contributed by atoms with E-state index in [4.69, 9.17) is 9.47 Å². The Morgan fingerprint density at radius 3 is 1.44 bits per heavy atom. The van der Waals surface area contributed by atoms with Gasteiger partial charge in [-0.3, -0.25) is 0 Å². The van der Waals surface area contributed by atoms with Gasteiger partial charge in [-0.2, -0.15) is 0 Å². The largest absolute Gasteiger partial charge is 0.393 e. The maximum Gasteiger partial charge on any atom is 0.0716 e. The molecule has 0 aliphatic carbocycles. The van der Waals surface area contributed by atoms with E-state index in [1.165, 1.54) is 0 Å². The van der Waals surface area contributed by atoms with Crippen LogP contribution in [0.5, 0.6) is 0 Å². The maximum absolute atomic E-state index is 9.97. The lowest BCUT2D eigenvalue weighted by Crippen LogP contribution is -2.20. The first-order valence-electron chi connectivity index (χ1n) is 8.83. The van der Waals surface area contributed by atoms with Crippen molar-refractivity contribution in [3.8, 4) is 0 Å². The minimum absolute atomic E-state index is 0.351. The molecule has 0 aromatic heterocycles. The van der Waals surface area contributed by atoms with Crippen LogP contribution < -0.4 is 0 Å². The Morgan fingerprint density at radius 1 is 0.640 bits per heavy atom. The zero-order chi connectivity index (χ0) is 17.7. The van der Waals surface area contributed by atoms with E-state index >= 15 is 0 Å².